The van der Waals surface area contributed by atoms with Crippen LogP contribution < -0.4 is 14.2 Å². The van der Waals surface area contributed by atoms with Gasteiger partial charge in [-0.3, -0.25) is 4.79 Å². The minimum Gasteiger partial charge on any atom is -0.508 e. The van der Waals surface area contributed by atoms with Gasteiger partial charge in [0.2, 0.25) is 0 Å². The molecule has 0 bridgehead atoms. The number of phenols is 1. The van der Waals surface area contributed by atoms with E-state index >= 15 is 0 Å². The highest BCUT2D eigenvalue weighted by molar-refractivity contribution is 6.11. The van der Waals surface area contributed by atoms with Crippen molar-refractivity contribution in [2.75, 3.05) is 13.7 Å². The van der Waals surface area contributed by atoms with E-state index in [1.165, 1.54) is 31.4 Å². The summed E-state index contributed by atoms with van der Waals surface area (Å²) in [7, 11) is 1.40. The number of aliphatic hydroxyl groups is 4. The second-order valence-corrected chi connectivity index (χ2v) is 9.72. The van der Waals surface area contributed by atoms with Crippen molar-refractivity contribution >= 4 is 11.9 Å². The van der Waals surface area contributed by atoms with Crippen LogP contribution in [0.1, 0.15) is 41.8 Å². The molecule has 5 atom stereocenters. The number of ketones is 1. The van der Waals surface area contributed by atoms with E-state index in [-0.39, 0.29) is 34.3 Å². The number of aromatic hydroxyl groups is 1. The third-order valence-corrected chi connectivity index (χ3v) is 6.55. The van der Waals surface area contributed by atoms with Crippen LogP contribution in [0.2, 0.25) is 0 Å². The minimum atomic E-state index is -1.68. The highest BCUT2D eigenvalue weighted by atomic mass is 16.7. The smallest absolute Gasteiger partial charge is 0.193 e. The average Bonchev–Trinajstić information content (AvgIpc) is 2.87. The summed E-state index contributed by atoms with van der Waals surface area (Å²) in [6.07, 6.45) is -3.15. The number of methoxy groups -OCH3 is 1. The molecule has 0 radical (unpaired) electrons. The quantitative estimate of drug-likeness (QED) is 0.271. The predicted octanol–water partition coefficient (Wildman–Crippen LogP) is 1.58. The maximum atomic E-state index is 13.4. The van der Waals surface area contributed by atoms with Gasteiger partial charge in [-0.15, -0.1) is 0 Å². The lowest BCUT2D eigenvalue weighted by molar-refractivity contribution is -0.282. The zero-order valence-electron chi connectivity index (χ0n) is 20.8. The lowest BCUT2D eigenvalue weighted by Gasteiger charge is -2.41. The van der Waals surface area contributed by atoms with Gasteiger partial charge in [-0.05, 0) is 50.5 Å². The molecule has 10 heteroatoms. The molecule has 0 saturated carbocycles. The lowest BCUT2D eigenvalue weighted by atomic mass is 9.90. The van der Waals surface area contributed by atoms with Crippen molar-refractivity contribution in [1.82, 2.24) is 0 Å². The summed E-state index contributed by atoms with van der Waals surface area (Å²) in [6.45, 7) is 3.22. The zero-order chi connectivity index (χ0) is 26.9. The lowest BCUT2D eigenvalue weighted by Crippen LogP contribution is -2.60. The number of hydrogen-bond acceptors (Lipinski definition) is 10. The molecule has 2 heterocycles. The number of rotatable bonds is 7. The van der Waals surface area contributed by atoms with Gasteiger partial charge in [0, 0.05) is 11.6 Å². The summed E-state index contributed by atoms with van der Waals surface area (Å²) >= 11 is 0. The summed E-state index contributed by atoms with van der Waals surface area (Å²) in [6, 6.07) is 7.87. The van der Waals surface area contributed by atoms with Crippen LogP contribution in [0.4, 0.5) is 0 Å². The first-order chi connectivity index (χ1) is 17.5. The number of carbonyl (C=O) groups excluding carboxylic acids is 1. The van der Waals surface area contributed by atoms with Crippen molar-refractivity contribution in [2.24, 2.45) is 0 Å². The number of benzene rings is 2. The molecule has 1 saturated heterocycles. The maximum absolute atomic E-state index is 13.4. The Morgan fingerprint density at radius 2 is 1.84 bits per heavy atom. The van der Waals surface area contributed by atoms with Crippen LogP contribution in [0.15, 0.2) is 36.4 Å². The molecule has 0 amide bonds. The van der Waals surface area contributed by atoms with Crippen LogP contribution in [0.5, 0.6) is 23.0 Å². The van der Waals surface area contributed by atoms with E-state index in [2.05, 4.69) is 0 Å². The van der Waals surface area contributed by atoms with Gasteiger partial charge in [0.15, 0.2) is 18.2 Å². The SMILES string of the molecule is COc1cc(O[C@@H]2[C@@H](O)[C@H](O)[C@@H](O)O[C@H]2CO)c2c(c1C(=O)/C=C/c1ccc(O)cc1)OC(C)(C)CC2. The fraction of sp³-hybridized carbons (Fsp3) is 0.444. The van der Waals surface area contributed by atoms with Gasteiger partial charge < -0.3 is 44.5 Å². The summed E-state index contributed by atoms with van der Waals surface area (Å²) in [5.41, 5.74) is 0.879. The van der Waals surface area contributed by atoms with Crippen LogP contribution in [0, 0.1) is 0 Å². The Balaban J connectivity index is 1.75. The highest BCUT2D eigenvalue weighted by Crippen LogP contribution is 2.46. The van der Waals surface area contributed by atoms with E-state index in [9.17, 15) is 30.3 Å². The van der Waals surface area contributed by atoms with Crippen molar-refractivity contribution in [2.45, 2.75) is 63.0 Å². The van der Waals surface area contributed by atoms with Crippen molar-refractivity contribution in [3.05, 3.63) is 53.1 Å². The second kappa shape index (κ2) is 10.7. The van der Waals surface area contributed by atoms with Gasteiger partial charge in [0.25, 0.3) is 0 Å². The molecule has 0 spiro atoms. The molecule has 0 aromatic heterocycles. The largest absolute Gasteiger partial charge is 0.508 e. The number of allylic oxidation sites excluding steroid dienone is 1. The van der Waals surface area contributed by atoms with Crippen molar-refractivity contribution in [3.8, 4) is 23.0 Å². The molecular formula is C27H32O10. The van der Waals surface area contributed by atoms with Crippen molar-refractivity contribution in [3.63, 3.8) is 0 Å². The molecule has 2 aliphatic heterocycles. The number of carbonyl (C=O) groups is 1. The van der Waals surface area contributed by atoms with E-state index in [0.29, 0.717) is 24.0 Å². The number of phenolic OH excluding ortho intramolecular Hbond substituents is 1. The molecule has 0 aliphatic carbocycles. The predicted molar refractivity (Wildman–Crippen MR) is 132 cm³/mol. The van der Waals surface area contributed by atoms with Gasteiger partial charge in [0.05, 0.1) is 13.7 Å². The molecular weight excluding hydrogens is 484 g/mol. The molecule has 2 aliphatic rings. The van der Waals surface area contributed by atoms with Crippen LogP contribution >= 0.6 is 0 Å². The number of hydrogen-bond donors (Lipinski definition) is 5. The Kier molecular flexibility index (Phi) is 7.77. The van der Waals surface area contributed by atoms with Crippen LogP contribution in [0.3, 0.4) is 0 Å². The third kappa shape index (κ3) is 5.58. The van der Waals surface area contributed by atoms with Gasteiger partial charge in [-0.25, -0.2) is 0 Å². The van der Waals surface area contributed by atoms with Gasteiger partial charge in [-0.2, -0.15) is 0 Å². The topological polar surface area (TPSA) is 155 Å². The van der Waals surface area contributed by atoms with Crippen molar-refractivity contribution < 1.29 is 49.3 Å². The average molecular weight is 517 g/mol. The van der Waals surface area contributed by atoms with Crippen LogP contribution in [0.25, 0.3) is 6.08 Å². The molecule has 200 valence electrons. The molecule has 2 aromatic rings. The number of ether oxygens (including phenoxy) is 4. The fourth-order valence-corrected chi connectivity index (χ4v) is 4.45. The van der Waals surface area contributed by atoms with Crippen LogP contribution in [-0.4, -0.2) is 81.3 Å². The Morgan fingerprint density at radius 3 is 2.49 bits per heavy atom. The molecule has 4 rings (SSSR count). The summed E-state index contributed by atoms with van der Waals surface area (Å²) in [5, 5.41) is 49.7. The first-order valence-electron chi connectivity index (χ1n) is 12.0. The second-order valence-electron chi connectivity index (χ2n) is 9.72. The number of aliphatic hydroxyl groups excluding tert-OH is 4. The number of fused-ring (bicyclic) bond motifs is 1. The molecule has 1 fully saturated rings. The zero-order valence-corrected chi connectivity index (χ0v) is 20.8. The van der Waals surface area contributed by atoms with E-state index < -0.39 is 42.9 Å². The molecule has 2 aromatic carbocycles. The Morgan fingerprint density at radius 1 is 1.14 bits per heavy atom. The van der Waals surface area contributed by atoms with Crippen LogP contribution in [-0.2, 0) is 11.2 Å². The summed E-state index contributed by atoms with van der Waals surface area (Å²) in [4.78, 5) is 13.4. The molecule has 37 heavy (non-hydrogen) atoms. The van der Waals surface area contributed by atoms with E-state index in [4.69, 9.17) is 18.9 Å². The minimum absolute atomic E-state index is 0.115. The Bertz CT molecular complexity index is 1150. The van der Waals surface area contributed by atoms with Gasteiger partial charge in [0.1, 0.15) is 52.5 Å². The Hall–Kier alpha value is -3.15. The fourth-order valence-electron chi connectivity index (χ4n) is 4.45. The standard InChI is InChI=1S/C27H32O10/c1-27(2)11-10-16-18(35-25-20(13-28)36-26(33)23(32)22(25)31)12-19(34-3)21(24(16)37-27)17(30)9-6-14-4-7-15(29)8-5-14/h4-9,12,20,22-23,25-26,28-29,31-33H,10-11,13H2,1-3H3/b9-6+/t20-,22-,23-,25-,26-/m0/s1. The first kappa shape index (κ1) is 26.9. The van der Waals surface area contributed by atoms with Gasteiger partial charge in [-0.1, -0.05) is 18.2 Å². The third-order valence-electron chi connectivity index (χ3n) is 6.55. The monoisotopic (exact) mass is 516 g/mol. The summed E-state index contributed by atoms with van der Waals surface area (Å²) < 4.78 is 23.0. The molecule has 5 N–H and O–H groups in total. The van der Waals surface area contributed by atoms with E-state index in [1.807, 2.05) is 13.8 Å². The first-order valence-corrected chi connectivity index (χ1v) is 12.0. The summed E-state index contributed by atoms with van der Waals surface area (Å²) in [5.74, 6) is 0.413. The van der Waals surface area contributed by atoms with E-state index in [1.54, 1.807) is 18.2 Å². The van der Waals surface area contributed by atoms with Gasteiger partial charge >= 0.3 is 0 Å². The van der Waals surface area contributed by atoms with Crippen molar-refractivity contribution in [1.29, 1.82) is 0 Å². The Labute approximate surface area is 214 Å². The highest BCUT2D eigenvalue weighted by Gasteiger charge is 2.46. The van der Waals surface area contributed by atoms with E-state index in [0.717, 1.165) is 0 Å². The maximum Gasteiger partial charge on any atom is 0.193 e. The normalized spacial score (nSPS) is 26.8. The molecule has 0 unspecified atom stereocenters. The molecule has 10 nitrogen and oxygen atoms in total.